The Bertz CT molecular complexity index is 470. The normalized spacial score (nSPS) is 38.4. The zero-order valence-corrected chi connectivity index (χ0v) is 15.5. The minimum Gasteiger partial charge on any atom is -0.380 e. The van der Waals surface area contributed by atoms with Crippen molar-refractivity contribution >= 4 is 0 Å². The predicted octanol–water partition coefficient (Wildman–Crippen LogP) is 6.27. The van der Waals surface area contributed by atoms with E-state index in [4.69, 9.17) is 0 Å². The molecule has 0 saturated heterocycles. The topological polar surface area (TPSA) is 20.2 Å². The maximum atomic E-state index is 13.3. The van der Waals surface area contributed by atoms with E-state index in [0.717, 1.165) is 31.3 Å². The van der Waals surface area contributed by atoms with Crippen LogP contribution in [0.3, 0.4) is 0 Å². The summed E-state index contributed by atoms with van der Waals surface area (Å²) < 4.78 is 39.8. The van der Waals surface area contributed by atoms with Gasteiger partial charge in [-0.3, -0.25) is 0 Å². The molecular weight excluding hydrogens is 313 g/mol. The van der Waals surface area contributed by atoms with E-state index in [-0.39, 0.29) is 18.3 Å². The quantitative estimate of drug-likeness (QED) is 0.582. The van der Waals surface area contributed by atoms with Crippen LogP contribution in [0.25, 0.3) is 0 Å². The van der Waals surface area contributed by atoms with E-state index >= 15 is 0 Å². The van der Waals surface area contributed by atoms with E-state index in [1.54, 1.807) is 0 Å². The molecule has 1 fully saturated rings. The number of aliphatic hydroxyl groups is 1. The summed E-state index contributed by atoms with van der Waals surface area (Å²) in [6.07, 6.45) is 2.86. The number of halogens is 3. The number of fused-ring (bicyclic) bond motifs is 1. The van der Waals surface area contributed by atoms with Crippen molar-refractivity contribution < 1.29 is 18.3 Å². The van der Waals surface area contributed by atoms with Gasteiger partial charge in [0.25, 0.3) is 0 Å². The molecule has 24 heavy (non-hydrogen) atoms. The summed E-state index contributed by atoms with van der Waals surface area (Å²) in [5.41, 5.74) is -1.86. The molecule has 0 aromatic rings. The Labute approximate surface area is 144 Å². The second kappa shape index (κ2) is 7.01. The third-order valence-electron chi connectivity index (χ3n) is 6.85. The number of alkyl halides is 3. The fraction of sp³-hybridized carbons (Fsp3) is 0.900. The molecule has 140 valence electrons. The van der Waals surface area contributed by atoms with Gasteiger partial charge in [-0.25, -0.2) is 0 Å². The van der Waals surface area contributed by atoms with Gasteiger partial charge in [0.05, 0.1) is 0 Å². The smallest absolute Gasteiger partial charge is 0.380 e. The van der Waals surface area contributed by atoms with Crippen LogP contribution in [0.15, 0.2) is 11.6 Å². The van der Waals surface area contributed by atoms with Crippen LogP contribution < -0.4 is 0 Å². The molecule has 0 heterocycles. The van der Waals surface area contributed by atoms with Gasteiger partial charge in [-0.1, -0.05) is 58.6 Å². The molecule has 0 aliphatic heterocycles. The molecule has 0 aromatic carbocycles. The molecule has 1 N–H and O–H groups in total. The largest absolute Gasteiger partial charge is 0.417 e. The van der Waals surface area contributed by atoms with Crippen molar-refractivity contribution in [2.75, 3.05) is 0 Å². The minimum atomic E-state index is -4.54. The molecule has 2 aliphatic rings. The highest BCUT2D eigenvalue weighted by atomic mass is 19.4. The fourth-order valence-corrected chi connectivity index (χ4v) is 5.26. The van der Waals surface area contributed by atoms with Crippen LogP contribution in [-0.4, -0.2) is 16.9 Å². The molecule has 0 unspecified atom stereocenters. The highest BCUT2D eigenvalue weighted by molar-refractivity contribution is 5.26. The summed E-state index contributed by atoms with van der Waals surface area (Å²) in [5.74, 6) is 1.59. The molecule has 2 aliphatic carbocycles. The lowest BCUT2D eigenvalue weighted by atomic mass is 9.52. The van der Waals surface area contributed by atoms with Crippen molar-refractivity contribution in [3.05, 3.63) is 11.6 Å². The number of hydrogen-bond acceptors (Lipinski definition) is 1. The summed E-state index contributed by atoms with van der Waals surface area (Å²) in [7, 11) is 0. The second-order valence-electron chi connectivity index (χ2n) is 8.41. The second-order valence-corrected chi connectivity index (χ2v) is 8.41. The molecule has 1 saturated carbocycles. The van der Waals surface area contributed by atoms with Gasteiger partial charge in [-0.05, 0) is 48.9 Å². The van der Waals surface area contributed by atoms with Gasteiger partial charge in [0, 0.05) is 6.42 Å². The summed E-state index contributed by atoms with van der Waals surface area (Å²) in [4.78, 5) is 0. The fourth-order valence-electron chi connectivity index (χ4n) is 5.26. The van der Waals surface area contributed by atoms with Crippen molar-refractivity contribution in [1.82, 2.24) is 0 Å². The Balaban J connectivity index is 2.32. The number of rotatable bonds is 5. The van der Waals surface area contributed by atoms with Crippen LogP contribution >= 0.6 is 0 Å². The Kier molecular flexibility index (Phi) is 5.79. The highest BCUT2D eigenvalue weighted by Gasteiger charge is 2.60. The lowest BCUT2D eigenvalue weighted by Gasteiger charge is -2.54. The summed E-state index contributed by atoms with van der Waals surface area (Å²) in [6.45, 7) is 8.81. The minimum absolute atomic E-state index is 0.167. The number of allylic oxidation sites excluding steroid dienone is 1. The van der Waals surface area contributed by atoms with E-state index in [1.807, 2.05) is 6.08 Å². The molecule has 0 spiro atoms. The van der Waals surface area contributed by atoms with Gasteiger partial charge >= 0.3 is 6.18 Å². The monoisotopic (exact) mass is 346 g/mol. The van der Waals surface area contributed by atoms with Crippen molar-refractivity contribution in [2.45, 2.75) is 90.8 Å². The van der Waals surface area contributed by atoms with Crippen LogP contribution in [0.2, 0.25) is 0 Å². The Hall–Kier alpha value is -0.510. The van der Waals surface area contributed by atoms with E-state index in [2.05, 4.69) is 27.7 Å². The van der Waals surface area contributed by atoms with Gasteiger partial charge < -0.3 is 5.11 Å². The highest BCUT2D eigenvalue weighted by Crippen LogP contribution is 2.59. The van der Waals surface area contributed by atoms with E-state index in [0.29, 0.717) is 24.2 Å². The van der Waals surface area contributed by atoms with E-state index in [1.165, 1.54) is 6.42 Å². The van der Waals surface area contributed by atoms with Crippen LogP contribution in [0.5, 0.6) is 0 Å². The van der Waals surface area contributed by atoms with Crippen LogP contribution in [0.4, 0.5) is 13.2 Å². The molecule has 0 bridgehead atoms. The number of hydrogen-bond donors (Lipinski definition) is 1. The molecule has 1 nitrogen and oxygen atoms in total. The maximum Gasteiger partial charge on any atom is 0.417 e. The standard InChI is InChI=1S/C20H33F3O/c1-5-7-14(3)16-10-9-15-13-19(24,20(21,22)23)12-11-18(15,4)17(16)8-6-2/h9,14,16-17,24H,5-8,10-13H2,1-4H3/t14-,16-,17-,18-,19-/m0/s1. The zero-order chi connectivity index (χ0) is 18.2. The first-order chi connectivity index (χ1) is 11.1. The average molecular weight is 346 g/mol. The SMILES string of the molecule is CCC[C@H](C)[C@@H]1CC=C2C[C@](O)(C(F)(F)F)CC[C@]2(C)[C@H]1CCC. The zero-order valence-electron chi connectivity index (χ0n) is 15.5. The first-order valence-electron chi connectivity index (χ1n) is 9.57. The van der Waals surface area contributed by atoms with Crippen molar-refractivity contribution in [3.8, 4) is 0 Å². The van der Waals surface area contributed by atoms with Gasteiger partial charge in [0.15, 0.2) is 5.60 Å². The van der Waals surface area contributed by atoms with Crippen LogP contribution in [-0.2, 0) is 0 Å². The Morgan fingerprint density at radius 3 is 2.46 bits per heavy atom. The van der Waals surface area contributed by atoms with Gasteiger partial charge in [-0.2, -0.15) is 13.2 Å². The van der Waals surface area contributed by atoms with Crippen LogP contribution in [0.1, 0.15) is 79.1 Å². The molecular formula is C20H33F3O. The van der Waals surface area contributed by atoms with Gasteiger partial charge in [0.2, 0.25) is 0 Å². The lowest BCUT2D eigenvalue weighted by Crippen LogP contribution is -2.53. The maximum absolute atomic E-state index is 13.3. The first kappa shape index (κ1) is 19.8. The Morgan fingerprint density at radius 1 is 1.25 bits per heavy atom. The Morgan fingerprint density at radius 2 is 1.92 bits per heavy atom. The van der Waals surface area contributed by atoms with E-state index in [9.17, 15) is 18.3 Å². The molecule has 0 aromatic heterocycles. The van der Waals surface area contributed by atoms with Crippen molar-refractivity contribution in [2.24, 2.45) is 23.2 Å². The molecule has 2 rings (SSSR count). The van der Waals surface area contributed by atoms with Gasteiger partial charge in [-0.15, -0.1) is 0 Å². The summed E-state index contributed by atoms with van der Waals surface area (Å²) in [6, 6.07) is 0. The predicted molar refractivity (Wildman–Crippen MR) is 91.6 cm³/mol. The average Bonchev–Trinajstić information content (AvgIpc) is 2.48. The molecule has 4 heteroatoms. The third kappa shape index (κ3) is 3.40. The first-order valence-corrected chi connectivity index (χ1v) is 9.57. The van der Waals surface area contributed by atoms with Gasteiger partial charge in [0.1, 0.15) is 0 Å². The van der Waals surface area contributed by atoms with Crippen LogP contribution in [0, 0.1) is 23.2 Å². The van der Waals surface area contributed by atoms with E-state index < -0.39 is 11.8 Å². The van der Waals surface area contributed by atoms with Crippen molar-refractivity contribution in [3.63, 3.8) is 0 Å². The molecule has 0 radical (unpaired) electrons. The lowest BCUT2D eigenvalue weighted by molar-refractivity contribution is -0.270. The molecule has 5 atom stereocenters. The summed E-state index contributed by atoms with van der Waals surface area (Å²) >= 11 is 0. The summed E-state index contributed by atoms with van der Waals surface area (Å²) in [5, 5.41) is 10.2. The molecule has 0 amide bonds. The third-order valence-corrected chi connectivity index (χ3v) is 6.85. The van der Waals surface area contributed by atoms with Crippen molar-refractivity contribution in [1.29, 1.82) is 0 Å².